The second-order valence-electron chi connectivity index (χ2n) is 4.78. The summed E-state index contributed by atoms with van der Waals surface area (Å²) in [5.41, 5.74) is 1.81. The van der Waals surface area contributed by atoms with Gasteiger partial charge in [-0.05, 0) is 20.8 Å². The molecule has 0 bridgehead atoms. The molecule has 22 heavy (non-hydrogen) atoms. The Morgan fingerprint density at radius 1 is 1.23 bits per heavy atom. The van der Waals surface area contributed by atoms with E-state index in [4.69, 9.17) is 0 Å². The number of carbonyl (C=O) groups excluding carboxylic acids is 1. The van der Waals surface area contributed by atoms with Crippen molar-refractivity contribution in [3.05, 3.63) is 29.6 Å². The van der Waals surface area contributed by atoms with Gasteiger partial charge in [-0.2, -0.15) is 13.2 Å². The van der Waals surface area contributed by atoms with Crippen molar-refractivity contribution in [2.75, 3.05) is 5.32 Å². The van der Waals surface area contributed by atoms with Crippen LogP contribution in [0.5, 0.6) is 0 Å². The Kier molecular flexibility index (Phi) is 4.16. The minimum absolute atomic E-state index is 0.102. The minimum atomic E-state index is -4.55. The maximum atomic E-state index is 12.1. The molecule has 1 amide bonds. The van der Waals surface area contributed by atoms with Crippen molar-refractivity contribution in [1.82, 2.24) is 19.5 Å². The van der Waals surface area contributed by atoms with Crippen molar-refractivity contribution in [2.45, 2.75) is 33.4 Å². The fourth-order valence-corrected chi connectivity index (χ4v) is 1.96. The lowest BCUT2D eigenvalue weighted by atomic mass is 10.4. The summed E-state index contributed by atoms with van der Waals surface area (Å²) < 4.78 is 38.0. The molecule has 0 unspecified atom stereocenters. The molecule has 9 heteroatoms. The number of hydrogen-bond acceptors (Lipinski definition) is 4. The topological polar surface area (TPSA) is 72.7 Å². The molecule has 118 valence electrons. The van der Waals surface area contributed by atoms with Crippen LogP contribution in [-0.2, 0) is 4.79 Å². The Morgan fingerprint density at radius 3 is 2.27 bits per heavy atom. The van der Waals surface area contributed by atoms with Crippen molar-refractivity contribution >= 4 is 11.6 Å². The Morgan fingerprint density at radius 2 is 1.82 bits per heavy atom. The maximum absolute atomic E-state index is 12.1. The monoisotopic (exact) mass is 313 g/mol. The molecule has 2 aromatic heterocycles. The summed E-state index contributed by atoms with van der Waals surface area (Å²) in [5.74, 6) is -0.122. The molecule has 0 aliphatic carbocycles. The molecule has 0 fully saturated rings. The summed E-state index contributed by atoms with van der Waals surface area (Å²) in [4.78, 5) is 23.6. The number of nitrogens with zero attached hydrogens (tertiary/aromatic N) is 4. The van der Waals surface area contributed by atoms with Crippen molar-refractivity contribution in [3.63, 3.8) is 0 Å². The summed E-state index contributed by atoms with van der Waals surface area (Å²) in [6.45, 7) is 5.50. The Bertz CT molecular complexity index is 691. The van der Waals surface area contributed by atoms with Crippen LogP contribution in [0.4, 0.5) is 18.9 Å². The Balaban J connectivity index is 2.16. The van der Waals surface area contributed by atoms with E-state index in [0.717, 1.165) is 11.4 Å². The van der Waals surface area contributed by atoms with E-state index in [9.17, 15) is 18.0 Å². The highest BCUT2D eigenvalue weighted by molar-refractivity contribution is 5.90. The number of amides is 1. The van der Waals surface area contributed by atoms with E-state index in [1.807, 2.05) is 13.8 Å². The van der Waals surface area contributed by atoms with Gasteiger partial charge in [-0.15, -0.1) is 0 Å². The second-order valence-corrected chi connectivity index (χ2v) is 4.78. The highest BCUT2D eigenvalue weighted by Gasteiger charge is 2.31. The first-order valence-electron chi connectivity index (χ1n) is 6.39. The smallest absolute Gasteiger partial charge is 0.323 e. The van der Waals surface area contributed by atoms with E-state index < -0.39 is 18.5 Å². The average molecular weight is 313 g/mol. The van der Waals surface area contributed by atoms with E-state index in [1.54, 1.807) is 11.5 Å². The van der Waals surface area contributed by atoms with E-state index in [0.29, 0.717) is 11.8 Å². The first kappa shape index (κ1) is 15.9. The molecular weight excluding hydrogens is 299 g/mol. The second kappa shape index (κ2) is 5.74. The minimum Gasteiger partial charge on any atom is -0.323 e. The molecular formula is C13H14F3N5O. The van der Waals surface area contributed by atoms with Gasteiger partial charge in [-0.3, -0.25) is 9.36 Å². The summed E-state index contributed by atoms with van der Waals surface area (Å²) in [6.07, 6.45) is -3.59. The summed E-state index contributed by atoms with van der Waals surface area (Å²) in [7, 11) is 0. The number of nitrogens with one attached hydrogen (secondary N) is 1. The zero-order valence-corrected chi connectivity index (χ0v) is 12.2. The third kappa shape index (κ3) is 3.60. The van der Waals surface area contributed by atoms with E-state index in [-0.39, 0.29) is 5.69 Å². The van der Waals surface area contributed by atoms with Crippen molar-refractivity contribution in [2.24, 2.45) is 0 Å². The number of rotatable bonds is 3. The van der Waals surface area contributed by atoms with Crippen molar-refractivity contribution in [3.8, 4) is 5.95 Å². The van der Waals surface area contributed by atoms with Crippen LogP contribution in [0.15, 0.2) is 12.4 Å². The molecule has 0 saturated heterocycles. The first-order chi connectivity index (χ1) is 10.2. The van der Waals surface area contributed by atoms with Crippen LogP contribution < -0.4 is 5.32 Å². The number of alkyl halides is 3. The van der Waals surface area contributed by atoms with Gasteiger partial charge >= 0.3 is 6.18 Å². The molecule has 0 saturated carbocycles. The number of halogens is 3. The fraction of sp³-hybridized carbons (Fsp3) is 0.385. The lowest BCUT2D eigenvalue weighted by Crippen LogP contribution is -2.21. The molecule has 0 spiro atoms. The van der Waals surface area contributed by atoms with Gasteiger partial charge in [0.05, 0.1) is 23.8 Å². The Hall–Kier alpha value is -2.45. The van der Waals surface area contributed by atoms with Crippen molar-refractivity contribution < 1.29 is 18.0 Å². The third-order valence-electron chi connectivity index (χ3n) is 3.00. The summed E-state index contributed by atoms with van der Waals surface area (Å²) >= 11 is 0. The maximum Gasteiger partial charge on any atom is 0.397 e. The molecule has 0 aliphatic rings. The molecule has 1 N–H and O–H groups in total. The van der Waals surface area contributed by atoms with Crippen LogP contribution in [0.1, 0.15) is 23.6 Å². The summed E-state index contributed by atoms with van der Waals surface area (Å²) in [5, 5.41) is 2.10. The number of aryl methyl sites for hydroxylation is 2. The number of aromatic nitrogens is 4. The zero-order valence-electron chi connectivity index (χ0n) is 12.2. The first-order valence-corrected chi connectivity index (χ1v) is 6.39. The normalized spacial score (nSPS) is 11.5. The third-order valence-corrected chi connectivity index (χ3v) is 3.00. The SMILES string of the molecule is Cc1nc(C)n(-c2ncc(NC(=O)CC(F)(F)F)cn2)c1C. The highest BCUT2D eigenvalue weighted by atomic mass is 19.4. The molecule has 0 atom stereocenters. The summed E-state index contributed by atoms with van der Waals surface area (Å²) in [6, 6.07) is 0. The zero-order chi connectivity index (χ0) is 16.5. The number of carbonyl (C=O) groups is 1. The average Bonchev–Trinajstić information content (AvgIpc) is 2.62. The predicted octanol–water partition coefficient (Wildman–Crippen LogP) is 2.48. The van der Waals surface area contributed by atoms with Gasteiger partial charge in [-0.25, -0.2) is 15.0 Å². The molecule has 0 radical (unpaired) electrons. The van der Waals surface area contributed by atoms with Gasteiger partial charge in [-0.1, -0.05) is 0 Å². The van der Waals surface area contributed by atoms with Crippen LogP contribution in [0, 0.1) is 20.8 Å². The molecule has 0 aromatic carbocycles. The standard InChI is InChI=1S/C13H14F3N5O/c1-7-8(2)21(9(3)19-7)12-17-5-10(6-18-12)20-11(22)4-13(14,15)16/h5-6H,4H2,1-3H3,(H,20,22). The highest BCUT2D eigenvalue weighted by Crippen LogP contribution is 2.20. The lowest BCUT2D eigenvalue weighted by molar-refractivity contribution is -0.150. The molecule has 2 rings (SSSR count). The predicted molar refractivity (Wildman–Crippen MR) is 72.7 cm³/mol. The van der Waals surface area contributed by atoms with E-state index in [2.05, 4.69) is 20.3 Å². The fourth-order valence-electron chi connectivity index (χ4n) is 1.96. The number of imidazole rings is 1. The molecule has 6 nitrogen and oxygen atoms in total. The molecule has 0 aliphatic heterocycles. The number of hydrogen-bond donors (Lipinski definition) is 1. The quantitative estimate of drug-likeness (QED) is 0.945. The van der Waals surface area contributed by atoms with Gasteiger partial charge in [0, 0.05) is 5.69 Å². The van der Waals surface area contributed by atoms with Gasteiger partial charge in [0.2, 0.25) is 11.9 Å². The Labute approximate surface area is 124 Å². The van der Waals surface area contributed by atoms with Gasteiger partial charge in [0.1, 0.15) is 12.2 Å². The van der Waals surface area contributed by atoms with Crippen LogP contribution in [-0.4, -0.2) is 31.6 Å². The molecule has 2 aromatic rings. The lowest BCUT2D eigenvalue weighted by Gasteiger charge is -2.09. The van der Waals surface area contributed by atoms with Crippen LogP contribution in [0.2, 0.25) is 0 Å². The van der Waals surface area contributed by atoms with Crippen LogP contribution >= 0.6 is 0 Å². The number of anilines is 1. The van der Waals surface area contributed by atoms with Gasteiger partial charge in [0.25, 0.3) is 0 Å². The van der Waals surface area contributed by atoms with E-state index in [1.165, 1.54) is 12.4 Å². The largest absolute Gasteiger partial charge is 0.397 e. The van der Waals surface area contributed by atoms with Crippen LogP contribution in [0.25, 0.3) is 5.95 Å². The molecule has 2 heterocycles. The van der Waals surface area contributed by atoms with Crippen molar-refractivity contribution in [1.29, 1.82) is 0 Å². The van der Waals surface area contributed by atoms with Crippen LogP contribution in [0.3, 0.4) is 0 Å². The van der Waals surface area contributed by atoms with E-state index >= 15 is 0 Å². The van der Waals surface area contributed by atoms with Gasteiger partial charge in [0.15, 0.2) is 0 Å². The van der Waals surface area contributed by atoms with Gasteiger partial charge < -0.3 is 5.32 Å².